The van der Waals surface area contributed by atoms with Crippen LogP contribution in [0.15, 0.2) is 35.3 Å². The molecule has 8 heteroatoms. The number of piperidine rings is 1. The maximum absolute atomic E-state index is 11.6. The van der Waals surface area contributed by atoms with Gasteiger partial charge < -0.3 is 20.1 Å². The third-order valence-electron chi connectivity index (χ3n) is 7.37. The first-order chi connectivity index (χ1) is 17.1. The van der Waals surface area contributed by atoms with Crippen LogP contribution in [0.5, 0.6) is 0 Å². The number of methoxy groups -OCH3 is 1. The van der Waals surface area contributed by atoms with Gasteiger partial charge in [0.05, 0.1) is 12.1 Å². The minimum Gasteiger partial charge on any atom is -0.385 e. The molecule has 2 aliphatic rings. The molecule has 1 aliphatic heterocycles. The quantitative estimate of drug-likeness (QED) is 0.144. The van der Waals surface area contributed by atoms with Crippen LogP contribution in [0.1, 0.15) is 69.5 Å². The smallest absolute Gasteiger partial charge is 0.260 e. The summed E-state index contributed by atoms with van der Waals surface area (Å²) in [6.07, 6.45) is 10.00. The Hall–Kier alpha value is -2.03. The molecule has 1 saturated heterocycles. The minimum atomic E-state index is -0.257. The Morgan fingerprint density at radius 1 is 1.17 bits per heavy atom. The van der Waals surface area contributed by atoms with Crippen molar-refractivity contribution in [2.45, 2.75) is 69.9 Å². The zero-order valence-electron chi connectivity index (χ0n) is 21.4. The lowest BCUT2D eigenvalue weighted by Gasteiger charge is -2.38. The molecule has 2 N–H and O–H groups in total. The fourth-order valence-corrected chi connectivity index (χ4v) is 5.61. The van der Waals surface area contributed by atoms with Gasteiger partial charge in [-0.2, -0.15) is 0 Å². The molecular weight excluding hydrogens is 444 g/mol. The molecule has 1 heterocycles. The van der Waals surface area contributed by atoms with Crippen molar-refractivity contribution in [2.24, 2.45) is 22.6 Å². The number of likely N-dealkylation sites (tertiary alicyclic amines) is 1. The number of aliphatic imine (C=N–C) groups is 1. The SMILES string of the molecule is COCCCOC(c1ccccc1)C1CCCN(C(C[N+](=O)[O-])=NC(CN)CC2CCCCC2)C1. The lowest BCUT2D eigenvalue weighted by molar-refractivity contribution is -0.464. The Morgan fingerprint density at radius 2 is 1.94 bits per heavy atom. The minimum absolute atomic E-state index is 0.0522. The molecule has 1 aliphatic carbocycles. The third kappa shape index (κ3) is 9.17. The number of benzene rings is 1. The monoisotopic (exact) mass is 488 g/mol. The van der Waals surface area contributed by atoms with Gasteiger partial charge in [0.25, 0.3) is 6.54 Å². The van der Waals surface area contributed by atoms with Crippen molar-refractivity contribution in [1.29, 1.82) is 0 Å². The van der Waals surface area contributed by atoms with Crippen LogP contribution < -0.4 is 5.73 Å². The van der Waals surface area contributed by atoms with Crippen LogP contribution in [-0.2, 0) is 9.47 Å². The van der Waals surface area contributed by atoms with Gasteiger partial charge in [0.1, 0.15) is 0 Å². The summed E-state index contributed by atoms with van der Waals surface area (Å²) in [6, 6.07) is 10.3. The fourth-order valence-electron chi connectivity index (χ4n) is 5.61. The average molecular weight is 489 g/mol. The first-order valence-corrected chi connectivity index (χ1v) is 13.4. The first kappa shape index (κ1) is 27.6. The highest BCUT2D eigenvalue weighted by molar-refractivity contribution is 5.83. The van der Waals surface area contributed by atoms with E-state index in [4.69, 9.17) is 20.2 Å². The van der Waals surface area contributed by atoms with Gasteiger partial charge in [-0.1, -0.05) is 62.4 Å². The third-order valence-corrected chi connectivity index (χ3v) is 7.37. The van der Waals surface area contributed by atoms with Crippen molar-refractivity contribution in [2.75, 3.05) is 46.5 Å². The van der Waals surface area contributed by atoms with Gasteiger partial charge in [-0.05, 0) is 37.2 Å². The Morgan fingerprint density at radius 3 is 2.63 bits per heavy atom. The zero-order chi connectivity index (χ0) is 24.9. The Balaban J connectivity index is 1.74. The van der Waals surface area contributed by atoms with Crippen molar-refractivity contribution in [1.82, 2.24) is 4.90 Å². The number of ether oxygens (including phenoxy) is 2. The lowest BCUT2D eigenvalue weighted by atomic mass is 9.85. The van der Waals surface area contributed by atoms with Crippen molar-refractivity contribution in [3.8, 4) is 0 Å². The topological polar surface area (TPSA) is 103 Å². The van der Waals surface area contributed by atoms with Crippen LogP contribution in [0.25, 0.3) is 0 Å². The number of nitrogens with two attached hydrogens (primary N) is 1. The van der Waals surface area contributed by atoms with Crippen LogP contribution in [0.3, 0.4) is 0 Å². The van der Waals surface area contributed by atoms with E-state index in [1.165, 1.54) is 32.1 Å². The summed E-state index contributed by atoms with van der Waals surface area (Å²) in [5.74, 6) is 1.45. The maximum Gasteiger partial charge on any atom is 0.260 e. The van der Waals surface area contributed by atoms with E-state index in [1.807, 2.05) is 18.2 Å². The van der Waals surface area contributed by atoms with Gasteiger partial charge in [-0.3, -0.25) is 15.1 Å². The van der Waals surface area contributed by atoms with Crippen molar-refractivity contribution in [3.63, 3.8) is 0 Å². The predicted octanol–water partition coefficient (Wildman–Crippen LogP) is 4.47. The Labute approximate surface area is 210 Å². The molecule has 196 valence electrons. The van der Waals surface area contributed by atoms with Gasteiger partial charge in [0.2, 0.25) is 0 Å². The molecule has 3 unspecified atom stereocenters. The highest BCUT2D eigenvalue weighted by Crippen LogP contribution is 2.33. The van der Waals surface area contributed by atoms with Crippen molar-refractivity contribution < 1.29 is 14.4 Å². The lowest BCUT2D eigenvalue weighted by Crippen LogP contribution is -2.45. The van der Waals surface area contributed by atoms with Crippen molar-refractivity contribution >= 4 is 5.84 Å². The average Bonchev–Trinajstić information content (AvgIpc) is 2.89. The summed E-state index contributed by atoms with van der Waals surface area (Å²) >= 11 is 0. The van der Waals surface area contributed by atoms with E-state index in [0.29, 0.717) is 38.1 Å². The molecular formula is C27H44N4O4. The molecule has 8 nitrogen and oxygen atoms in total. The van der Waals surface area contributed by atoms with Gasteiger partial charge in [-0.25, -0.2) is 0 Å². The second-order valence-electron chi connectivity index (χ2n) is 10.1. The number of hydrogen-bond acceptors (Lipinski definition) is 6. The summed E-state index contributed by atoms with van der Waals surface area (Å²) in [4.78, 5) is 18.4. The van der Waals surface area contributed by atoms with Crippen LogP contribution in [0, 0.1) is 22.0 Å². The molecule has 2 fully saturated rings. The first-order valence-electron chi connectivity index (χ1n) is 13.4. The molecule has 1 saturated carbocycles. The maximum atomic E-state index is 11.6. The summed E-state index contributed by atoms with van der Waals surface area (Å²) in [5, 5.41) is 11.6. The number of hydrogen-bond donors (Lipinski definition) is 1. The van der Waals surface area contributed by atoms with E-state index in [-0.39, 0.29) is 29.5 Å². The molecule has 3 atom stereocenters. The molecule has 0 bridgehead atoms. The second-order valence-corrected chi connectivity index (χ2v) is 10.1. The van der Waals surface area contributed by atoms with Crippen LogP contribution >= 0.6 is 0 Å². The van der Waals surface area contributed by atoms with Gasteiger partial charge in [-0.15, -0.1) is 0 Å². The van der Waals surface area contributed by atoms with Crippen LogP contribution in [-0.4, -0.2) is 68.2 Å². The summed E-state index contributed by atoms with van der Waals surface area (Å²) in [6.45, 7) is 2.96. The van der Waals surface area contributed by atoms with E-state index >= 15 is 0 Å². The molecule has 1 aromatic carbocycles. The van der Waals surface area contributed by atoms with Crippen molar-refractivity contribution in [3.05, 3.63) is 46.0 Å². The highest BCUT2D eigenvalue weighted by Gasteiger charge is 2.32. The highest BCUT2D eigenvalue weighted by atomic mass is 16.6. The second kappa shape index (κ2) is 15.2. The number of rotatable bonds is 13. The summed E-state index contributed by atoms with van der Waals surface area (Å²) in [7, 11) is 1.70. The molecule has 1 aromatic rings. The Bertz CT molecular complexity index is 770. The molecule has 0 radical (unpaired) electrons. The normalized spacial score (nSPS) is 21.6. The number of nitro groups is 1. The Kier molecular flexibility index (Phi) is 11.9. The summed E-state index contributed by atoms with van der Waals surface area (Å²) < 4.78 is 11.6. The van der Waals surface area contributed by atoms with E-state index in [9.17, 15) is 10.1 Å². The molecule has 35 heavy (non-hydrogen) atoms. The molecule has 0 amide bonds. The summed E-state index contributed by atoms with van der Waals surface area (Å²) in [5.41, 5.74) is 7.26. The molecule has 3 rings (SSSR count). The molecule has 0 aromatic heterocycles. The van der Waals surface area contributed by atoms with E-state index in [2.05, 4.69) is 17.0 Å². The van der Waals surface area contributed by atoms with Gasteiger partial charge in [0.15, 0.2) is 5.84 Å². The fraction of sp³-hybridized carbons (Fsp3) is 0.741. The van der Waals surface area contributed by atoms with E-state index < -0.39 is 0 Å². The largest absolute Gasteiger partial charge is 0.385 e. The number of amidine groups is 1. The van der Waals surface area contributed by atoms with Crippen LogP contribution in [0.2, 0.25) is 0 Å². The standard InChI is InChI=1S/C27H44N4O4/c1-34-16-9-17-35-27(23-12-6-3-7-13-23)24-14-8-15-30(20-24)26(21-31(32)33)29-25(19-28)18-22-10-4-2-5-11-22/h3,6-7,12-13,22,24-25,27H,2,4-5,8-11,14-21,28H2,1H3. The van der Waals surface area contributed by atoms with E-state index in [0.717, 1.165) is 37.8 Å². The van der Waals surface area contributed by atoms with Gasteiger partial charge >= 0.3 is 0 Å². The number of nitrogens with zero attached hydrogens (tertiary/aromatic N) is 3. The van der Waals surface area contributed by atoms with Crippen LogP contribution in [0.4, 0.5) is 0 Å². The molecule has 0 spiro atoms. The van der Waals surface area contributed by atoms with E-state index in [1.54, 1.807) is 7.11 Å². The zero-order valence-corrected chi connectivity index (χ0v) is 21.4. The van der Waals surface area contributed by atoms with Gasteiger partial charge in [0, 0.05) is 50.8 Å². The predicted molar refractivity (Wildman–Crippen MR) is 139 cm³/mol.